The lowest BCUT2D eigenvalue weighted by Crippen LogP contribution is -2.54. The average molecular weight is 652 g/mol. The van der Waals surface area contributed by atoms with E-state index < -0.39 is 27.6 Å². The number of amides is 2. The van der Waals surface area contributed by atoms with E-state index in [0.29, 0.717) is 53.2 Å². The van der Waals surface area contributed by atoms with Crippen LogP contribution in [0.3, 0.4) is 0 Å². The summed E-state index contributed by atoms with van der Waals surface area (Å²) >= 11 is 3.67. The van der Waals surface area contributed by atoms with E-state index in [1.54, 1.807) is 24.1 Å². The first-order valence-corrected chi connectivity index (χ1v) is 15.8. The van der Waals surface area contributed by atoms with Crippen molar-refractivity contribution in [1.82, 2.24) is 15.0 Å². The van der Waals surface area contributed by atoms with Gasteiger partial charge in [0.25, 0.3) is 10.0 Å². The molecule has 2 aromatic carbocycles. The number of hydrogen-bond donors (Lipinski definition) is 3. The van der Waals surface area contributed by atoms with Gasteiger partial charge in [0.15, 0.2) is 0 Å². The number of carbonyl (C=O) groups is 1. The van der Waals surface area contributed by atoms with Gasteiger partial charge in [-0.3, -0.25) is 0 Å². The first-order chi connectivity index (χ1) is 19.6. The van der Waals surface area contributed by atoms with Gasteiger partial charge in [-0.2, -0.15) is 13.5 Å². The lowest BCUT2D eigenvalue weighted by Gasteiger charge is -2.45. The summed E-state index contributed by atoms with van der Waals surface area (Å²) in [6, 6.07) is 7.32. The van der Waals surface area contributed by atoms with E-state index in [2.05, 4.69) is 38.1 Å². The zero-order chi connectivity index (χ0) is 29.5. The predicted octanol–water partition coefficient (Wildman–Crippen LogP) is 3.53. The molecule has 11 nitrogen and oxygen atoms in total. The Morgan fingerprint density at radius 2 is 1.98 bits per heavy atom. The van der Waals surface area contributed by atoms with E-state index in [1.807, 2.05) is 13.0 Å². The van der Waals surface area contributed by atoms with Crippen molar-refractivity contribution < 1.29 is 32.5 Å². The van der Waals surface area contributed by atoms with E-state index in [-0.39, 0.29) is 30.0 Å². The number of rotatable bonds is 7. The highest BCUT2D eigenvalue weighted by atomic mass is 79.9. The van der Waals surface area contributed by atoms with E-state index in [1.165, 1.54) is 19.2 Å². The molecule has 3 aliphatic rings. The van der Waals surface area contributed by atoms with E-state index in [0.717, 1.165) is 11.1 Å². The Balaban J connectivity index is 1.52. The number of methoxy groups -OCH3 is 2. The fourth-order valence-electron chi connectivity index (χ4n) is 6.51. The maximum Gasteiger partial charge on any atom is 0.318 e. The van der Waals surface area contributed by atoms with Crippen LogP contribution in [-0.4, -0.2) is 69.7 Å². The van der Waals surface area contributed by atoms with Gasteiger partial charge in [-0.25, -0.2) is 9.63 Å². The minimum Gasteiger partial charge on any atom is -0.497 e. The number of ether oxygens (including phenoxy) is 3. The number of halogens is 1. The average Bonchev–Trinajstić information content (AvgIpc) is 3.22. The summed E-state index contributed by atoms with van der Waals surface area (Å²) in [5, 5.41) is 17.7. The summed E-state index contributed by atoms with van der Waals surface area (Å²) in [5.74, 6) is 1.75. The van der Waals surface area contributed by atoms with E-state index in [9.17, 15) is 18.3 Å². The van der Waals surface area contributed by atoms with Gasteiger partial charge >= 0.3 is 6.03 Å². The van der Waals surface area contributed by atoms with Crippen LogP contribution in [0.5, 0.6) is 17.2 Å². The first kappa shape index (κ1) is 29.5. The van der Waals surface area contributed by atoms with Crippen molar-refractivity contribution in [2.45, 2.75) is 62.1 Å². The van der Waals surface area contributed by atoms with E-state index >= 15 is 0 Å². The molecule has 0 bridgehead atoms. The molecule has 1 saturated carbocycles. The van der Waals surface area contributed by atoms with Crippen molar-refractivity contribution >= 4 is 37.7 Å². The number of aliphatic hydroxyl groups is 1. The number of nitrogens with one attached hydrogen (secondary N) is 2. The minimum absolute atomic E-state index is 0.0472. The van der Waals surface area contributed by atoms with Crippen LogP contribution in [0.1, 0.15) is 44.2 Å². The third-order valence-electron chi connectivity index (χ3n) is 8.48. The van der Waals surface area contributed by atoms with Crippen LogP contribution in [0.15, 0.2) is 44.8 Å². The maximum atomic E-state index is 13.1. The van der Waals surface area contributed by atoms with Crippen LogP contribution in [0.25, 0.3) is 0 Å². The van der Waals surface area contributed by atoms with Gasteiger partial charge in [0, 0.05) is 36.2 Å². The van der Waals surface area contributed by atoms with Crippen molar-refractivity contribution in [1.29, 1.82) is 0 Å². The molecule has 41 heavy (non-hydrogen) atoms. The van der Waals surface area contributed by atoms with Crippen LogP contribution in [-0.2, 0) is 22.0 Å². The summed E-state index contributed by atoms with van der Waals surface area (Å²) in [4.78, 5) is 17.3. The topological polar surface area (TPSA) is 139 Å². The zero-order valence-corrected chi connectivity index (χ0v) is 25.8. The van der Waals surface area contributed by atoms with Gasteiger partial charge in [-0.15, -0.1) is 0 Å². The number of hydrazone groups is 1. The fourth-order valence-corrected chi connectivity index (χ4v) is 7.93. The zero-order valence-electron chi connectivity index (χ0n) is 23.4. The SMILES string of the molecule is CCNC(=O)N1Cc2cc(OC)c(Br)c3c2[C@@]2(C[C@H]1CO)[C@H](C)CC(=NNS(=O)(=O)c1ccc(OC)cc1)C[C@H]2O3. The summed E-state index contributed by atoms with van der Waals surface area (Å²) in [6.45, 7) is 4.50. The van der Waals surface area contributed by atoms with Crippen molar-refractivity contribution in [2.24, 2.45) is 11.0 Å². The van der Waals surface area contributed by atoms with Crippen LogP contribution >= 0.6 is 15.9 Å². The number of nitrogens with zero attached hydrogens (tertiary/aromatic N) is 2. The van der Waals surface area contributed by atoms with Gasteiger partial charge in [-0.05, 0) is 77.5 Å². The number of urea groups is 1. The third kappa shape index (κ3) is 5.01. The molecule has 4 atom stereocenters. The monoisotopic (exact) mass is 650 g/mol. The Labute approximate surface area is 248 Å². The molecule has 0 unspecified atom stereocenters. The molecule has 1 aliphatic carbocycles. The number of sulfonamides is 1. The molecular weight excluding hydrogens is 616 g/mol. The Morgan fingerprint density at radius 1 is 1.24 bits per heavy atom. The summed E-state index contributed by atoms with van der Waals surface area (Å²) in [7, 11) is -0.801. The van der Waals surface area contributed by atoms with Crippen molar-refractivity contribution in [3.63, 3.8) is 0 Å². The summed E-state index contributed by atoms with van der Waals surface area (Å²) in [5.41, 5.74) is 2.03. The van der Waals surface area contributed by atoms with Gasteiger partial charge in [0.1, 0.15) is 27.8 Å². The van der Waals surface area contributed by atoms with Crippen molar-refractivity contribution in [3.8, 4) is 17.2 Å². The highest BCUT2D eigenvalue weighted by molar-refractivity contribution is 9.10. The molecule has 0 radical (unpaired) electrons. The molecule has 0 saturated heterocycles. The molecule has 3 N–H and O–H groups in total. The number of hydrogen-bond acceptors (Lipinski definition) is 8. The smallest absolute Gasteiger partial charge is 0.318 e. The molecular formula is C28H35BrN4O7S. The maximum absolute atomic E-state index is 13.1. The standard InChI is InChI=1S/C28H35BrN4O7S/c1-5-30-27(35)33-14-17-11-22(39-4)25(29)26-24(17)28(13-19(33)15-34)16(2)10-18(12-23(28)40-26)31-32-41(36,37)21-8-6-20(38-3)7-9-21/h6-9,11,16,19,23,32,34H,5,10,12-15H2,1-4H3,(H,30,35)/t16-,19+,23-,28+/m1/s1. The second kappa shape index (κ2) is 11.3. The molecule has 2 aromatic rings. The Bertz CT molecular complexity index is 1470. The normalized spacial score (nSPS) is 26.0. The van der Waals surface area contributed by atoms with Crippen molar-refractivity contribution in [3.05, 3.63) is 45.9 Å². The number of aliphatic hydroxyl groups excluding tert-OH is 1. The Morgan fingerprint density at radius 3 is 2.61 bits per heavy atom. The lowest BCUT2D eigenvalue weighted by atomic mass is 9.59. The molecule has 1 spiro atoms. The summed E-state index contributed by atoms with van der Waals surface area (Å²) in [6.07, 6.45) is 0.969. The van der Waals surface area contributed by atoms with Gasteiger partial charge in [-0.1, -0.05) is 6.92 Å². The predicted molar refractivity (Wildman–Crippen MR) is 156 cm³/mol. The van der Waals surface area contributed by atoms with Gasteiger partial charge in [0.2, 0.25) is 0 Å². The largest absolute Gasteiger partial charge is 0.497 e. The second-order valence-corrected chi connectivity index (χ2v) is 13.1. The Kier molecular flexibility index (Phi) is 8.14. The first-order valence-electron chi connectivity index (χ1n) is 13.5. The molecule has 2 aliphatic heterocycles. The highest BCUT2D eigenvalue weighted by Crippen LogP contribution is 2.60. The van der Waals surface area contributed by atoms with Gasteiger partial charge in [0.05, 0.1) is 31.8 Å². The lowest BCUT2D eigenvalue weighted by molar-refractivity contribution is 0.0518. The van der Waals surface area contributed by atoms with E-state index in [4.69, 9.17) is 14.2 Å². The third-order valence-corrected chi connectivity index (χ3v) is 10.5. The molecule has 5 rings (SSSR count). The quantitative estimate of drug-likeness (QED) is 0.390. The van der Waals surface area contributed by atoms with Crippen LogP contribution < -0.4 is 24.4 Å². The molecule has 1 fully saturated rings. The molecule has 2 amide bonds. The van der Waals surface area contributed by atoms with Crippen LogP contribution in [0, 0.1) is 5.92 Å². The molecule has 0 aromatic heterocycles. The number of benzene rings is 2. The minimum atomic E-state index is -3.89. The Hall–Kier alpha value is -3.03. The fraction of sp³-hybridized carbons (Fsp3) is 0.500. The van der Waals surface area contributed by atoms with Gasteiger partial charge < -0.3 is 29.5 Å². The summed E-state index contributed by atoms with van der Waals surface area (Å²) < 4.78 is 44.0. The van der Waals surface area contributed by atoms with Crippen LogP contribution in [0.2, 0.25) is 0 Å². The second-order valence-electron chi connectivity index (χ2n) is 10.7. The molecule has 222 valence electrons. The molecule has 13 heteroatoms. The van der Waals surface area contributed by atoms with Crippen LogP contribution in [0.4, 0.5) is 4.79 Å². The number of carbonyl (C=O) groups excluding carboxylic acids is 1. The highest BCUT2D eigenvalue weighted by Gasteiger charge is 2.59. The van der Waals surface area contributed by atoms with Crippen molar-refractivity contribution in [2.75, 3.05) is 27.4 Å². The molecule has 2 heterocycles.